The van der Waals surface area contributed by atoms with Crippen LogP contribution in [0.5, 0.6) is 0 Å². The van der Waals surface area contributed by atoms with Crippen LogP contribution in [0, 0.1) is 23.2 Å². The molecule has 0 spiro atoms. The second-order valence-electron chi connectivity index (χ2n) is 7.41. The molecule has 0 atom stereocenters. The molecule has 1 fully saturated rings. The van der Waals surface area contributed by atoms with E-state index in [1.54, 1.807) is 0 Å². The van der Waals surface area contributed by atoms with Gasteiger partial charge < -0.3 is 0 Å². The third kappa shape index (κ3) is 6.91. The monoisotopic (exact) mass is 323 g/mol. The molecule has 1 saturated carbocycles. The van der Waals surface area contributed by atoms with Gasteiger partial charge in [0.2, 0.25) is 0 Å². The number of rotatable bonds is 9. The van der Waals surface area contributed by atoms with Crippen molar-refractivity contribution < 1.29 is 0 Å². The summed E-state index contributed by atoms with van der Waals surface area (Å²) < 4.78 is 0. The van der Waals surface area contributed by atoms with Crippen LogP contribution < -0.4 is 0 Å². The van der Waals surface area contributed by atoms with E-state index >= 15 is 0 Å². The Balaban J connectivity index is 1.59. The summed E-state index contributed by atoms with van der Waals surface area (Å²) in [5.74, 6) is 1.82. The number of benzene rings is 1. The molecule has 0 N–H and O–H groups in total. The molecule has 0 amide bonds. The summed E-state index contributed by atoms with van der Waals surface area (Å²) in [4.78, 5) is 0. The molecule has 1 aliphatic carbocycles. The van der Waals surface area contributed by atoms with E-state index in [2.05, 4.69) is 37.3 Å². The summed E-state index contributed by atoms with van der Waals surface area (Å²) in [6.45, 7) is 2.29. The van der Waals surface area contributed by atoms with Crippen LogP contribution >= 0.6 is 0 Å². The lowest BCUT2D eigenvalue weighted by atomic mass is 9.79. The maximum absolute atomic E-state index is 8.82. The fourth-order valence-electron chi connectivity index (χ4n) is 3.81. The van der Waals surface area contributed by atoms with Crippen LogP contribution in [0.15, 0.2) is 36.4 Å². The number of allylic oxidation sites excluding steroid dienone is 2. The Bertz CT molecular complexity index is 512. The molecule has 0 radical (unpaired) electrons. The van der Waals surface area contributed by atoms with Gasteiger partial charge in [-0.2, -0.15) is 5.26 Å². The first-order chi connectivity index (χ1) is 11.8. The molecule has 1 aliphatic rings. The number of hydrogen-bond donors (Lipinski definition) is 0. The van der Waals surface area contributed by atoms with Gasteiger partial charge in [0.25, 0.3) is 0 Å². The molecule has 0 heterocycles. The van der Waals surface area contributed by atoms with Crippen molar-refractivity contribution in [3.63, 3.8) is 0 Å². The molecule has 1 heteroatoms. The zero-order valence-corrected chi connectivity index (χ0v) is 15.3. The molecule has 24 heavy (non-hydrogen) atoms. The lowest BCUT2D eigenvalue weighted by Crippen LogP contribution is -2.13. The highest BCUT2D eigenvalue weighted by Crippen LogP contribution is 2.32. The van der Waals surface area contributed by atoms with Crippen molar-refractivity contribution in [1.82, 2.24) is 0 Å². The summed E-state index contributed by atoms with van der Waals surface area (Å²) >= 11 is 0. The molecule has 0 unspecified atom stereocenters. The van der Waals surface area contributed by atoms with Gasteiger partial charge in [0, 0.05) is 0 Å². The van der Waals surface area contributed by atoms with Crippen molar-refractivity contribution in [3.05, 3.63) is 47.5 Å². The fourth-order valence-corrected chi connectivity index (χ4v) is 3.81. The third-order valence-electron chi connectivity index (χ3n) is 5.45. The smallest absolute Gasteiger partial charge is 0.0991 e. The van der Waals surface area contributed by atoms with Crippen LogP contribution in [0.2, 0.25) is 0 Å². The van der Waals surface area contributed by atoms with Crippen LogP contribution in [-0.4, -0.2) is 0 Å². The first kappa shape index (κ1) is 18.8. The van der Waals surface area contributed by atoms with Gasteiger partial charge in [-0.1, -0.05) is 63.3 Å². The Morgan fingerprint density at radius 1 is 1.04 bits per heavy atom. The van der Waals surface area contributed by atoms with Crippen molar-refractivity contribution in [3.8, 4) is 6.07 Å². The SMILES string of the molecule is CCCCCCC1CCC(C=CCCc2ccc(C#N)cc2)CC1. The van der Waals surface area contributed by atoms with E-state index < -0.39 is 0 Å². The summed E-state index contributed by atoms with van der Waals surface area (Å²) in [6, 6.07) is 10.2. The topological polar surface area (TPSA) is 23.8 Å². The Kier molecular flexibility index (Phi) is 8.67. The minimum Gasteiger partial charge on any atom is -0.192 e. The first-order valence-corrected chi connectivity index (χ1v) is 9.97. The number of nitriles is 1. The largest absolute Gasteiger partial charge is 0.192 e. The van der Waals surface area contributed by atoms with E-state index in [1.165, 1.54) is 63.4 Å². The molecular formula is C23H33N. The van der Waals surface area contributed by atoms with E-state index in [-0.39, 0.29) is 0 Å². The van der Waals surface area contributed by atoms with Crippen LogP contribution in [0.25, 0.3) is 0 Å². The van der Waals surface area contributed by atoms with Crippen molar-refractivity contribution >= 4 is 0 Å². The molecule has 130 valence electrons. The maximum Gasteiger partial charge on any atom is 0.0991 e. The predicted molar refractivity (Wildman–Crippen MR) is 103 cm³/mol. The highest BCUT2D eigenvalue weighted by atomic mass is 14.2. The number of hydrogen-bond acceptors (Lipinski definition) is 1. The van der Waals surface area contributed by atoms with Crippen molar-refractivity contribution in [2.75, 3.05) is 0 Å². The molecule has 0 bridgehead atoms. The second kappa shape index (κ2) is 11.1. The maximum atomic E-state index is 8.82. The van der Waals surface area contributed by atoms with E-state index in [0.29, 0.717) is 0 Å². The zero-order valence-electron chi connectivity index (χ0n) is 15.3. The van der Waals surface area contributed by atoms with Gasteiger partial charge in [-0.15, -0.1) is 0 Å². The van der Waals surface area contributed by atoms with Crippen molar-refractivity contribution in [1.29, 1.82) is 5.26 Å². The molecule has 2 rings (SSSR count). The highest BCUT2D eigenvalue weighted by molar-refractivity contribution is 5.31. The number of aryl methyl sites for hydroxylation is 1. The minimum absolute atomic E-state index is 0.751. The van der Waals surface area contributed by atoms with Gasteiger partial charge >= 0.3 is 0 Å². The molecule has 1 aromatic rings. The van der Waals surface area contributed by atoms with E-state index in [0.717, 1.165) is 30.2 Å². The molecule has 0 aliphatic heterocycles. The van der Waals surface area contributed by atoms with Gasteiger partial charge in [-0.25, -0.2) is 0 Å². The van der Waals surface area contributed by atoms with E-state index in [4.69, 9.17) is 5.26 Å². The van der Waals surface area contributed by atoms with Crippen LogP contribution in [-0.2, 0) is 6.42 Å². The molecule has 0 saturated heterocycles. The lowest BCUT2D eigenvalue weighted by molar-refractivity contribution is 0.288. The normalized spacial score (nSPS) is 21.0. The average Bonchev–Trinajstić information content (AvgIpc) is 2.64. The highest BCUT2D eigenvalue weighted by Gasteiger charge is 2.18. The second-order valence-corrected chi connectivity index (χ2v) is 7.41. The van der Waals surface area contributed by atoms with Crippen LogP contribution in [0.3, 0.4) is 0 Å². The van der Waals surface area contributed by atoms with Gasteiger partial charge in [0.15, 0.2) is 0 Å². The van der Waals surface area contributed by atoms with Crippen molar-refractivity contribution in [2.45, 2.75) is 77.6 Å². The Morgan fingerprint density at radius 3 is 2.46 bits per heavy atom. The predicted octanol–water partition coefficient (Wildman–Crippen LogP) is 6.82. The fraction of sp³-hybridized carbons (Fsp3) is 0.609. The zero-order chi connectivity index (χ0) is 17.0. The number of nitrogens with zero attached hydrogens (tertiary/aromatic N) is 1. The van der Waals surface area contributed by atoms with Crippen LogP contribution in [0.1, 0.15) is 82.3 Å². The molecular weight excluding hydrogens is 290 g/mol. The average molecular weight is 324 g/mol. The quantitative estimate of drug-likeness (QED) is 0.361. The Labute approximate surface area is 148 Å². The molecule has 1 nitrogen and oxygen atoms in total. The summed E-state index contributed by atoms with van der Waals surface area (Å²) in [6.07, 6.45) is 19.8. The standard InChI is InChI=1S/C23H33N/c1-2-3-4-5-8-20-11-13-21(14-12-20)9-6-7-10-22-15-17-23(19-24)18-16-22/h6,9,15-18,20-21H,2-5,7-8,10-14H2,1H3. The van der Waals surface area contributed by atoms with Crippen LogP contribution in [0.4, 0.5) is 0 Å². The van der Waals surface area contributed by atoms with E-state index in [9.17, 15) is 0 Å². The number of unbranched alkanes of at least 4 members (excludes halogenated alkanes) is 3. The first-order valence-electron chi connectivity index (χ1n) is 9.97. The van der Waals surface area contributed by atoms with Gasteiger partial charge in [0.1, 0.15) is 0 Å². The summed E-state index contributed by atoms with van der Waals surface area (Å²) in [5.41, 5.74) is 2.08. The van der Waals surface area contributed by atoms with E-state index in [1.807, 2.05) is 12.1 Å². The van der Waals surface area contributed by atoms with Gasteiger partial charge in [-0.3, -0.25) is 0 Å². The van der Waals surface area contributed by atoms with Gasteiger partial charge in [0.05, 0.1) is 11.6 Å². The van der Waals surface area contributed by atoms with Gasteiger partial charge in [-0.05, 0) is 68.1 Å². The Hall–Kier alpha value is -1.55. The molecule has 1 aromatic carbocycles. The summed E-state index contributed by atoms with van der Waals surface area (Å²) in [5, 5.41) is 8.82. The molecule has 0 aromatic heterocycles. The van der Waals surface area contributed by atoms with Crippen molar-refractivity contribution in [2.24, 2.45) is 11.8 Å². The minimum atomic E-state index is 0.751. The summed E-state index contributed by atoms with van der Waals surface area (Å²) in [7, 11) is 0. The Morgan fingerprint density at radius 2 is 1.79 bits per heavy atom. The lowest BCUT2D eigenvalue weighted by Gasteiger charge is -2.26. The third-order valence-corrected chi connectivity index (χ3v) is 5.45.